The highest BCUT2D eigenvalue weighted by Gasteiger charge is 1.97. The fourth-order valence-corrected chi connectivity index (χ4v) is 2.36. The van der Waals surface area contributed by atoms with Gasteiger partial charge in [0.1, 0.15) is 5.75 Å². The van der Waals surface area contributed by atoms with Gasteiger partial charge in [0.2, 0.25) is 0 Å². The van der Waals surface area contributed by atoms with Crippen LogP contribution in [0.2, 0.25) is 0 Å². The molecule has 0 fully saturated rings. The first-order valence-electron chi connectivity index (χ1n) is 9.56. The quantitative estimate of drug-likeness (QED) is 0.246. The highest BCUT2D eigenvalue weighted by atomic mass is 16.5. The van der Waals surface area contributed by atoms with Crippen LogP contribution in [-0.2, 0) is 4.79 Å². The number of carbonyl (C=O) groups is 1. The number of hydrogen-bond acceptors (Lipinski definition) is 2. The van der Waals surface area contributed by atoms with Crippen LogP contribution in [-0.4, -0.2) is 17.7 Å². The maximum absolute atomic E-state index is 10.4. The Morgan fingerprint density at radius 1 is 1.00 bits per heavy atom. The van der Waals surface area contributed by atoms with E-state index in [0.29, 0.717) is 12.5 Å². The molecule has 0 aliphatic carbocycles. The van der Waals surface area contributed by atoms with E-state index >= 15 is 0 Å². The van der Waals surface area contributed by atoms with Crippen molar-refractivity contribution in [3.63, 3.8) is 0 Å². The van der Waals surface area contributed by atoms with E-state index in [9.17, 15) is 4.79 Å². The molecule has 1 aromatic rings. The van der Waals surface area contributed by atoms with Crippen molar-refractivity contribution >= 4 is 5.97 Å². The third-order valence-electron chi connectivity index (χ3n) is 3.86. The van der Waals surface area contributed by atoms with Crippen molar-refractivity contribution < 1.29 is 14.6 Å². The molecule has 0 amide bonds. The van der Waals surface area contributed by atoms with Crippen LogP contribution in [0.3, 0.4) is 0 Å². The van der Waals surface area contributed by atoms with Crippen molar-refractivity contribution in [3.8, 4) is 5.75 Å². The molecule has 0 spiro atoms. The predicted octanol–water partition coefficient (Wildman–Crippen LogP) is 6.19. The van der Waals surface area contributed by atoms with Crippen molar-refractivity contribution in [2.75, 3.05) is 6.61 Å². The molecular formula is C23H32O3. The molecule has 1 unspecified atom stereocenters. The van der Waals surface area contributed by atoms with Gasteiger partial charge in [0, 0.05) is 12.3 Å². The molecule has 0 saturated carbocycles. The lowest BCUT2D eigenvalue weighted by Crippen LogP contribution is -2.05. The van der Waals surface area contributed by atoms with Gasteiger partial charge in [0.15, 0.2) is 0 Å². The molecule has 0 radical (unpaired) electrons. The molecule has 1 N–H and O–H groups in total. The third-order valence-corrected chi connectivity index (χ3v) is 3.86. The monoisotopic (exact) mass is 356 g/mol. The predicted molar refractivity (Wildman–Crippen MR) is 108 cm³/mol. The Morgan fingerprint density at radius 2 is 1.65 bits per heavy atom. The third kappa shape index (κ3) is 13.1. The van der Waals surface area contributed by atoms with Gasteiger partial charge in [0.25, 0.3) is 0 Å². The first-order chi connectivity index (χ1) is 12.7. The minimum absolute atomic E-state index is 0.264. The standard InChI is InChI=1S/C23H32O3/c1-21(20-26-22-17-13-11-14-18-22)16-12-9-7-5-3-2-4-6-8-10-15-19-23(24)25/h6-9,11-14,16-18,21H,2-5,10,15,19-20H2,1H3,(H,24,25)/b8-6-,9-7-,16-12+. The molecule has 3 nitrogen and oxygen atoms in total. The van der Waals surface area contributed by atoms with Crippen molar-refractivity contribution in [3.05, 3.63) is 66.8 Å². The number of rotatable bonds is 14. The van der Waals surface area contributed by atoms with Crippen LogP contribution in [0.4, 0.5) is 0 Å². The smallest absolute Gasteiger partial charge is 0.303 e. The average molecular weight is 357 g/mol. The van der Waals surface area contributed by atoms with E-state index in [1.165, 1.54) is 12.8 Å². The summed E-state index contributed by atoms with van der Waals surface area (Å²) >= 11 is 0. The first-order valence-corrected chi connectivity index (χ1v) is 9.56. The van der Waals surface area contributed by atoms with Gasteiger partial charge in [-0.3, -0.25) is 4.79 Å². The van der Waals surface area contributed by atoms with Gasteiger partial charge in [-0.15, -0.1) is 0 Å². The zero-order valence-electron chi connectivity index (χ0n) is 15.8. The summed E-state index contributed by atoms with van der Waals surface area (Å²) in [5, 5.41) is 8.54. The molecule has 0 bridgehead atoms. The van der Waals surface area contributed by atoms with Gasteiger partial charge in [-0.05, 0) is 50.7 Å². The van der Waals surface area contributed by atoms with Gasteiger partial charge in [-0.1, -0.05) is 61.6 Å². The Morgan fingerprint density at radius 3 is 2.35 bits per heavy atom. The van der Waals surface area contributed by atoms with Crippen molar-refractivity contribution in [1.82, 2.24) is 0 Å². The molecule has 1 rings (SSSR count). The topological polar surface area (TPSA) is 46.5 Å². The molecule has 0 heterocycles. The van der Waals surface area contributed by atoms with Crippen molar-refractivity contribution in [2.45, 2.75) is 51.9 Å². The summed E-state index contributed by atoms with van der Waals surface area (Å²) in [7, 11) is 0. The molecule has 1 aromatic carbocycles. The van der Waals surface area contributed by atoms with Gasteiger partial charge in [-0.2, -0.15) is 0 Å². The lowest BCUT2D eigenvalue weighted by molar-refractivity contribution is -0.137. The normalized spacial score (nSPS) is 13.0. The zero-order chi connectivity index (χ0) is 18.9. The van der Waals surface area contributed by atoms with Gasteiger partial charge in [-0.25, -0.2) is 0 Å². The molecule has 26 heavy (non-hydrogen) atoms. The lowest BCUT2D eigenvalue weighted by atomic mass is 10.1. The maximum atomic E-state index is 10.4. The average Bonchev–Trinajstić information content (AvgIpc) is 2.64. The van der Waals surface area contributed by atoms with Gasteiger partial charge >= 0.3 is 5.97 Å². The molecule has 0 aliphatic heterocycles. The number of hydrogen-bond donors (Lipinski definition) is 1. The van der Waals surface area contributed by atoms with Crippen LogP contribution in [0, 0.1) is 5.92 Å². The summed E-state index contributed by atoms with van der Waals surface area (Å²) in [6.45, 7) is 2.84. The van der Waals surface area contributed by atoms with E-state index in [2.05, 4.69) is 43.4 Å². The summed E-state index contributed by atoms with van der Waals surface area (Å²) in [5.41, 5.74) is 0. The van der Waals surface area contributed by atoms with Crippen LogP contribution in [0.25, 0.3) is 0 Å². The number of benzene rings is 1. The summed E-state index contributed by atoms with van der Waals surface area (Å²) in [6, 6.07) is 9.89. The molecule has 142 valence electrons. The maximum Gasteiger partial charge on any atom is 0.303 e. The van der Waals surface area contributed by atoms with E-state index in [1.807, 2.05) is 30.3 Å². The fourth-order valence-electron chi connectivity index (χ4n) is 2.36. The lowest BCUT2D eigenvalue weighted by Gasteiger charge is -2.08. The Kier molecular flexibility index (Phi) is 12.6. The van der Waals surface area contributed by atoms with Crippen molar-refractivity contribution in [1.29, 1.82) is 0 Å². The number of para-hydroxylation sites is 1. The van der Waals surface area contributed by atoms with E-state index < -0.39 is 5.97 Å². The molecule has 3 heteroatoms. The van der Waals surface area contributed by atoms with Crippen molar-refractivity contribution in [2.24, 2.45) is 5.92 Å². The molecule has 0 saturated heterocycles. The minimum Gasteiger partial charge on any atom is -0.493 e. The summed E-state index contributed by atoms with van der Waals surface area (Å²) in [6.07, 6.45) is 19.2. The fraction of sp³-hybridized carbons (Fsp3) is 0.435. The van der Waals surface area contributed by atoms with Crippen LogP contribution < -0.4 is 4.74 Å². The summed E-state index contributed by atoms with van der Waals surface area (Å²) in [5.74, 6) is 0.586. The van der Waals surface area contributed by atoms with E-state index in [4.69, 9.17) is 9.84 Å². The molecule has 1 atom stereocenters. The number of unbranched alkanes of at least 4 members (excludes halogenated alkanes) is 4. The van der Waals surface area contributed by atoms with Crippen LogP contribution >= 0.6 is 0 Å². The number of carboxylic acids is 1. The van der Waals surface area contributed by atoms with E-state index in [0.717, 1.165) is 31.4 Å². The van der Waals surface area contributed by atoms with Crippen LogP contribution in [0.5, 0.6) is 5.75 Å². The SMILES string of the molecule is CC(/C=C/C=C\CCCC/C=C\CCCC(=O)O)COc1ccccc1. The largest absolute Gasteiger partial charge is 0.493 e. The Labute approximate surface area is 158 Å². The molecule has 0 aromatic heterocycles. The Bertz CT molecular complexity index is 558. The van der Waals surface area contributed by atoms with Gasteiger partial charge < -0.3 is 9.84 Å². The minimum atomic E-state index is -0.711. The second kappa shape index (κ2) is 15.0. The Hall–Kier alpha value is -2.29. The summed E-state index contributed by atoms with van der Waals surface area (Å²) in [4.78, 5) is 10.4. The second-order valence-electron chi connectivity index (χ2n) is 6.46. The highest BCUT2D eigenvalue weighted by Crippen LogP contribution is 2.10. The van der Waals surface area contributed by atoms with E-state index in [1.54, 1.807) is 0 Å². The number of aliphatic carboxylic acids is 1. The number of carboxylic acid groups (broad SMARTS) is 1. The zero-order valence-corrected chi connectivity index (χ0v) is 15.8. The number of ether oxygens (including phenoxy) is 1. The molecular weight excluding hydrogens is 324 g/mol. The Balaban J connectivity index is 1.98. The molecule has 0 aliphatic rings. The highest BCUT2D eigenvalue weighted by molar-refractivity contribution is 5.66. The second-order valence-corrected chi connectivity index (χ2v) is 6.46. The van der Waals surface area contributed by atoms with Gasteiger partial charge in [0.05, 0.1) is 6.61 Å². The van der Waals surface area contributed by atoms with E-state index in [-0.39, 0.29) is 6.42 Å². The summed E-state index contributed by atoms with van der Waals surface area (Å²) < 4.78 is 5.73. The van der Waals surface area contributed by atoms with Crippen LogP contribution in [0.1, 0.15) is 51.9 Å². The van der Waals surface area contributed by atoms with Crippen LogP contribution in [0.15, 0.2) is 66.8 Å². The first kappa shape index (κ1) is 21.8. The number of allylic oxidation sites excluding steroid dienone is 5.